The van der Waals surface area contributed by atoms with Crippen molar-refractivity contribution in [1.29, 1.82) is 0 Å². The molecule has 0 unspecified atom stereocenters. The Morgan fingerprint density at radius 1 is 1.21 bits per heavy atom. The molecule has 182 valence electrons. The van der Waals surface area contributed by atoms with Gasteiger partial charge in [-0.1, -0.05) is 30.3 Å². The molecule has 0 bridgehead atoms. The fraction of sp³-hybridized carbons (Fsp3) is 0.538. The number of benzene rings is 1. The normalized spacial score (nSPS) is 37.6. The van der Waals surface area contributed by atoms with Gasteiger partial charge in [-0.25, -0.2) is 4.79 Å². The Morgan fingerprint density at radius 2 is 1.97 bits per heavy atom. The van der Waals surface area contributed by atoms with E-state index in [-0.39, 0.29) is 43.5 Å². The zero-order valence-electron chi connectivity index (χ0n) is 19.1. The van der Waals surface area contributed by atoms with Gasteiger partial charge >= 0.3 is 11.9 Å². The molecule has 1 spiro atoms. The molecule has 2 aliphatic carbocycles. The van der Waals surface area contributed by atoms with Gasteiger partial charge in [0.1, 0.15) is 12.2 Å². The van der Waals surface area contributed by atoms with Crippen LogP contribution in [0.1, 0.15) is 25.3 Å². The van der Waals surface area contributed by atoms with E-state index in [0.717, 1.165) is 18.4 Å². The molecule has 5 rings (SSSR count). The lowest BCUT2D eigenvalue weighted by Crippen LogP contribution is -2.47. The van der Waals surface area contributed by atoms with Gasteiger partial charge in [-0.15, -0.1) is 0 Å². The summed E-state index contributed by atoms with van der Waals surface area (Å²) >= 11 is 0. The Balaban J connectivity index is 1.36. The number of aliphatic hydroxyl groups is 2. The second-order valence-electron chi connectivity index (χ2n) is 9.78. The number of esters is 2. The number of carbonyl (C=O) groups excluding carboxylic acids is 2. The number of ether oxygens (including phenoxy) is 4. The molecule has 3 fully saturated rings. The maximum atomic E-state index is 12.4. The topological polar surface area (TPSA) is 115 Å². The van der Waals surface area contributed by atoms with E-state index >= 15 is 0 Å². The molecule has 0 radical (unpaired) electrons. The van der Waals surface area contributed by atoms with Crippen LogP contribution in [0.25, 0.3) is 6.08 Å². The maximum Gasteiger partial charge on any atom is 0.330 e. The van der Waals surface area contributed by atoms with Gasteiger partial charge in [0, 0.05) is 24.3 Å². The first-order chi connectivity index (χ1) is 16.4. The van der Waals surface area contributed by atoms with E-state index in [2.05, 4.69) is 0 Å². The maximum absolute atomic E-state index is 12.4. The lowest BCUT2D eigenvalue weighted by atomic mass is 9.71. The zero-order chi connectivity index (χ0) is 23.9. The van der Waals surface area contributed by atoms with Crippen LogP contribution in [-0.4, -0.2) is 60.5 Å². The van der Waals surface area contributed by atoms with E-state index < -0.39 is 29.2 Å². The van der Waals surface area contributed by atoms with Gasteiger partial charge in [0.25, 0.3) is 0 Å². The third kappa shape index (κ3) is 3.93. The standard InChI is InChI=1S/C26H30O8/c1-16(29)34-24-23-21(18(11-27)12-31-24)22-19(9-10-26(23)15-33-26)25(22,13-28)14-32-20(30)8-7-17-5-3-2-4-6-17/h2-8,12,19,21-24,27-28H,9-11,13-15H2,1H3/b8-7+/t19-,21+,22-,23-,24+,25-,26+/m0/s1. The molecule has 8 heteroatoms. The van der Waals surface area contributed by atoms with Crippen LogP contribution in [0.15, 0.2) is 48.2 Å². The van der Waals surface area contributed by atoms with Gasteiger partial charge < -0.3 is 29.2 Å². The Hall–Kier alpha value is -2.68. The largest absolute Gasteiger partial charge is 0.462 e. The van der Waals surface area contributed by atoms with Crippen molar-refractivity contribution >= 4 is 18.0 Å². The van der Waals surface area contributed by atoms with Crippen molar-refractivity contribution in [1.82, 2.24) is 0 Å². The quantitative estimate of drug-likeness (QED) is 0.354. The summed E-state index contributed by atoms with van der Waals surface area (Å²) in [6, 6.07) is 9.46. The van der Waals surface area contributed by atoms with Crippen molar-refractivity contribution in [3.63, 3.8) is 0 Å². The first-order valence-electron chi connectivity index (χ1n) is 11.7. The highest BCUT2D eigenvalue weighted by molar-refractivity contribution is 5.87. The highest BCUT2D eigenvalue weighted by Crippen LogP contribution is 2.72. The Labute approximate surface area is 198 Å². The van der Waals surface area contributed by atoms with E-state index in [1.165, 1.54) is 19.3 Å². The van der Waals surface area contributed by atoms with Crippen molar-refractivity contribution < 1.29 is 38.7 Å². The Morgan fingerprint density at radius 3 is 2.62 bits per heavy atom. The third-order valence-corrected chi connectivity index (χ3v) is 8.03. The molecule has 7 atom stereocenters. The van der Waals surface area contributed by atoms with Crippen LogP contribution in [0, 0.1) is 29.1 Å². The van der Waals surface area contributed by atoms with Crippen molar-refractivity contribution in [3.8, 4) is 0 Å². The summed E-state index contributed by atoms with van der Waals surface area (Å²) in [4.78, 5) is 24.2. The summed E-state index contributed by atoms with van der Waals surface area (Å²) in [5.41, 5.74) is 0.485. The van der Waals surface area contributed by atoms with Crippen LogP contribution < -0.4 is 0 Å². The van der Waals surface area contributed by atoms with Gasteiger partial charge in [-0.2, -0.15) is 0 Å². The van der Waals surface area contributed by atoms with Crippen LogP contribution in [0.2, 0.25) is 0 Å². The predicted octanol–water partition coefficient (Wildman–Crippen LogP) is 2.06. The van der Waals surface area contributed by atoms with Crippen LogP contribution in [0.3, 0.4) is 0 Å². The number of carbonyl (C=O) groups is 2. The van der Waals surface area contributed by atoms with E-state index in [1.54, 1.807) is 6.08 Å². The molecule has 1 aromatic rings. The summed E-state index contributed by atoms with van der Waals surface area (Å²) in [7, 11) is 0. The highest BCUT2D eigenvalue weighted by atomic mass is 16.7. The van der Waals surface area contributed by atoms with E-state index in [9.17, 15) is 19.8 Å². The molecule has 2 aliphatic heterocycles. The number of aliphatic hydroxyl groups excluding tert-OH is 2. The van der Waals surface area contributed by atoms with Gasteiger partial charge in [0.2, 0.25) is 6.29 Å². The SMILES string of the molecule is CC(=O)O[C@H]1OC=C(CO)[C@H]2[C@@H]1[C@@]1(CC[C@H]3[C@@H]2[C@@]3(CO)COC(=O)/C=C/c2ccccc2)CO1. The minimum atomic E-state index is -0.826. The molecule has 2 saturated carbocycles. The van der Waals surface area contributed by atoms with Gasteiger partial charge in [0.15, 0.2) is 0 Å². The third-order valence-electron chi connectivity index (χ3n) is 8.03. The van der Waals surface area contributed by atoms with Gasteiger partial charge in [0.05, 0.1) is 32.0 Å². The Kier molecular flexibility index (Phi) is 6.00. The smallest absolute Gasteiger partial charge is 0.330 e. The number of hydrogen-bond donors (Lipinski definition) is 2. The van der Waals surface area contributed by atoms with Crippen molar-refractivity contribution in [3.05, 3.63) is 53.8 Å². The van der Waals surface area contributed by atoms with Crippen LogP contribution in [0.5, 0.6) is 0 Å². The monoisotopic (exact) mass is 470 g/mol. The minimum Gasteiger partial charge on any atom is -0.462 e. The average molecular weight is 471 g/mol. The van der Waals surface area contributed by atoms with E-state index in [0.29, 0.717) is 12.2 Å². The number of rotatable bonds is 7. The molecule has 4 aliphatic rings. The van der Waals surface area contributed by atoms with Crippen LogP contribution in [-0.2, 0) is 28.5 Å². The van der Waals surface area contributed by atoms with E-state index in [1.807, 2.05) is 30.3 Å². The summed E-state index contributed by atoms with van der Waals surface area (Å²) in [6.45, 7) is 1.59. The molecule has 0 aromatic heterocycles. The molecule has 2 N–H and O–H groups in total. The van der Waals surface area contributed by atoms with Crippen LogP contribution in [0.4, 0.5) is 0 Å². The second-order valence-corrected chi connectivity index (χ2v) is 9.78. The zero-order valence-corrected chi connectivity index (χ0v) is 19.1. The minimum absolute atomic E-state index is 0.0580. The van der Waals surface area contributed by atoms with E-state index in [4.69, 9.17) is 18.9 Å². The van der Waals surface area contributed by atoms with Gasteiger partial charge in [-0.3, -0.25) is 4.79 Å². The molecule has 1 saturated heterocycles. The summed E-state index contributed by atoms with van der Waals surface area (Å²) in [5.74, 6) is -1.42. The first-order valence-corrected chi connectivity index (χ1v) is 11.7. The molecular weight excluding hydrogens is 440 g/mol. The lowest BCUT2D eigenvalue weighted by molar-refractivity contribution is -0.193. The summed E-state index contributed by atoms with van der Waals surface area (Å²) in [5, 5.41) is 20.6. The molecule has 1 aromatic carbocycles. The molecule has 34 heavy (non-hydrogen) atoms. The molecular formula is C26H30O8. The van der Waals surface area contributed by atoms with Crippen molar-refractivity contribution in [2.45, 2.75) is 31.7 Å². The highest BCUT2D eigenvalue weighted by Gasteiger charge is 2.75. The average Bonchev–Trinajstić information content (AvgIpc) is 3.75. The number of fused-ring (bicyclic) bond motifs is 4. The Bertz CT molecular complexity index is 997. The first kappa shape index (κ1) is 23.1. The molecule has 2 heterocycles. The van der Waals surface area contributed by atoms with Crippen molar-refractivity contribution in [2.75, 3.05) is 26.4 Å². The second kappa shape index (κ2) is 8.83. The summed E-state index contributed by atoms with van der Waals surface area (Å²) < 4.78 is 22.7. The van der Waals surface area contributed by atoms with Crippen LogP contribution >= 0.6 is 0 Å². The molecule has 0 amide bonds. The van der Waals surface area contributed by atoms with Gasteiger partial charge in [-0.05, 0) is 41.9 Å². The number of hydrogen-bond acceptors (Lipinski definition) is 8. The lowest BCUT2D eigenvalue weighted by Gasteiger charge is -2.40. The fourth-order valence-electron chi connectivity index (χ4n) is 6.29. The fourth-order valence-corrected chi connectivity index (χ4v) is 6.29. The predicted molar refractivity (Wildman–Crippen MR) is 120 cm³/mol. The van der Waals surface area contributed by atoms with Crippen molar-refractivity contribution in [2.24, 2.45) is 29.1 Å². The number of epoxide rings is 1. The molecule has 8 nitrogen and oxygen atoms in total. The summed E-state index contributed by atoms with van der Waals surface area (Å²) in [6.07, 6.45) is 5.23.